The van der Waals surface area contributed by atoms with Gasteiger partial charge in [-0.25, -0.2) is 9.59 Å². The van der Waals surface area contributed by atoms with Gasteiger partial charge in [-0.1, -0.05) is 6.58 Å². The van der Waals surface area contributed by atoms with Crippen LogP contribution in [0.3, 0.4) is 0 Å². The monoisotopic (exact) mass is 329 g/mol. The highest BCUT2D eigenvalue weighted by atomic mass is 32.2. The molecule has 0 aliphatic rings. The minimum atomic E-state index is -4.29. The van der Waals surface area contributed by atoms with Crippen LogP contribution in [0.1, 0.15) is 6.92 Å². The van der Waals surface area contributed by atoms with Crippen molar-refractivity contribution in [3.05, 3.63) is 36.4 Å². The second kappa shape index (κ2) is 7.57. The van der Waals surface area contributed by atoms with E-state index in [9.17, 15) is 18.0 Å². The van der Waals surface area contributed by atoms with Crippen molar-refractivity contribution in [3.63, 3.8) is 0 Å². The fourth-order valence-electron chi connectivity index (χ4n) is 1.24. The fourth-order valence-corrected chi connectivity index (χ4v) is 1.72. The van der Waals surface area contributed by atoms with Crippen molar-refractivity contribution in [2.75, 3.05) is 13.2 Å². The molecule has 0 spiro atoms. The maximum absolute atomic E-state index is 11.4. The van der Waals surface area contributed by atoms with Crippen molar-refractivity contribution in [2.24, 2.45) is 0 Å². The maximum atomic E-state index is 11.4. The Labute approximate surface area is 127 Å². The average molecular weight is 329 g/mol. The van der Waals surface area contributed by atoms with E-state index in [0.29, 0.717) is 0 Å². The zero-order valence-electron chi connectivity index (χ0n) is 11.7. The first-order valence-corrected chi connectivity index (χ1v) is 7.50. The second-order valence-corrected chi connectivity index (χ2v) is 5.60. The molecule has 0 saturated heterocycles. The molecule has 0 aliphatic heterocycles. The van der Waals surface area contributed by atoms with Gasteiger partial charge >= 0.3 is 12.1 Å². The van der Waals surface area contributed by atoms with E-state index in [-0.39, 0.29) is 29.4 Å². The third kappa shape index (κ3) is 5.94. The summed E-state index contributed by atoms with van der Waals surface area (Å²) in [7, 11) is -4.29. The molecule has 1 amide bonds. The smallest absolute Gasteiger partial charge is 0.412 e. The van der Waals surface area contributed by atoms with Crippen LogP contribution in [0, 0.1) is 0 Å². The van der Waals surface area contributed by atoms with Crippen LogP contribution in [0.15, 0.2) is 41.3 Å². The lowest BCUT2D eigenvalue weighted by Crippen LogP contribution is -2.30. The maximum Gasteiger partial charge on any atom is 0.412 e. The van der Waals surface area contributed by atoms with Crippen molar-refractivity contribution >= 4 is 22.2 Å². The number of esters is 1. The van der Waals surface area contributed by atoms with Gasteiger partial charge in [0.25, 0.3) is 10.1 Å². The summed E-state index contributed by atoms with van der Waals surface area (Å²) in [4.78, 5) is 22.2. The van der Waals surface area contributed by atoms with Crippen LogP contribution < -0.4 is 10.1 Å². The van der Waals surface area contributed by atoms with Crippen LogP contribution >= 0.6 is 0 Å². The number of rotatable bonds is 6. The van der Waals surface area contributed by atoms with E-state index in [0.717, 1.165) is 12.1 Å². The summed E-state index contributed by atoms with van der Waals surface area (Å²) in [6.07, 6.45) is -0.800. The largest absolute Gasteiger partial charge is 0.460 e. The number of ether oxygens (including phenoxy) is 2. The highest BCUT2D eigenvalue weighted by molar-refractivity contribution is 7.85. The van der Waals surface area contributed by atoms with Gasteiger partial charge in [0, 0.05) is 5.57 Å². The van der Waals surface area contributed by atoms with E-state index < -0.39 is 22.2 Å². The number of hydrogen-bond acceptors (Lipinski definition) is 6. The Balaban J connectivity index is 2.39. The summed E-state index contributed by atoms with van der Waals surface area (Å²) in [5.74, 6) is -0.472. The van der Waals surface area contributed by atoms with Gasteiger partial charge in [0.15, 0.2) is 0 Å². The van der Waals surface area contributed by atoms with Crippen LogP contribution in [0.2, 0.25) is 0 Å². The van der Waals surface area contributed by atoms with Crippen LogP contribution in [-0.4, -0.2) is 38.2 Å². The zero-order valence-corrected chi connectivity index (χ0v) is 12.6. The lowest BCUT2D eigenvalue weighted by Gasteiger charge is -2.07. The number of carbonyl (C=O) groups is 2. The highest BCUT2D eigenvalue weighted by Gasteiger charge is 2.10. The predicted octanol–water partition coefficient (Wildman–Crippen LogP) is 1.14. The second-order valence-electron chi connectivity index (χ2n) is 4.18. The van der Waals surface area contributed by atoms with E-state index in [2.05, 4.69) is 11.9 Å². The Hall–Kier alpha value is -2.39. The Bertz CT molecular complexity index is 664. The number of amides is 1. The average Bonchev–Trinajstić information content (AvgIpc) is 2.42. The van der Waals surface area contributed by atoms with Gasteiger partial charge in [-0.05, 0) is 31.2 Å². The van der Waals surface area contributed by atoms with Gasteiger partial charge in [-0.3, -0.25) is 4.55 Å². The molecule has 0 saturated carbocycles. The third-order valence-corrected chi connectivity index (χ3v) is 3.15. The Morgan fingerprint density at radius 3 is 2.36 bits per heavy atom. The third-order valence-electron chi connectivity index (χ3n) is 2.29. The fraction of sp³-hybridized carbons (Fsp3) is 0.231. The van der Waals surface area contributed by atoms with Crippen molar-refractivity contribution in [1.29, 1.82) is 0 Å². The summed E-state index contributed by atoms with van der Waals surface area (Å²) in [6.45, 7) is 4.91. The van der Waals surface area contributed by atoms with Crippen LogP contribution in [0.25, 0.3) is 0 Å². The van der Waals surface area contributed by atoms with E-state index >= 15 is 0 Å². The molecule has 0 heterocycles. The summed E-state index contributed by atoms with van der Waals surface area (Å²) >= 11 is 0. The van der Waals surface area contributed by atoms with Crippen LogP contribution in [0.4, 0.5) is 4.79 Å². The quantitative estimate of drug-likeness (QED) is 0.347. The normalized spacial score (nSPS) is 10.6. The van der Waals surface area contributed by atoms with Crippen molar-refractivity contribution < 1.29 is 32.0 Å². The summed E-state index contributed by atoms with van der Waals surface area (Å²) < 4.78 is 40.1. The molecule has 120 valence electrons. The Kier molecular flexibility index (Phi) is 6.08. The molecule has 0 fully saturated rings. The van der Waals surface area contributed by atoms with Gasteiger partial charge in [-0.2, -0.15) is 8.42 Å². The number of hydrogen-bond donors (Lipinski definition) is 2. The summed E-state index contributed by atoms with van der Waals surface area (Å²) in [5, 5.41) is 2.33. The summed E-state index contributed by atoms with van der Waals surface area (Å²) in [5.41, 5.74) is 0.251. The van der Waals surface area contributed by atoms with Crippen molar-refractivity contribution in [1.82, 2.24) is 5.32 Å². The molecule has 1 aromatic rings. The topological polar surface area (TPSA) is 119 Å². The molecule has 8 nitrogen and oxygen atoms in total. The molecule has 0 radical (unpaired) electrons. The Morgan fingerprint density at radius 1 is 1.27 bits per heavy atom. The zero-order chi connectivity index (χ0) is 16.8. The van der Waals surface area contributed by atoms with Crippen molar-refractivity contribution in [3.8, 4) is 5.75 Å². The van der Waals surface area contributed by atoms with E-state index in [4.69, 9.17) is 14.0 Å². The molecule has 0 unspecified atom stereocenters. The summed E-state index contributed by atoms with van der Waals surface area (Å²) in [6, 6.07) is 4.60. The molecule has 2 N–H and O–H groups in total. The number of benzene rings is 1. The molecule has 9 heteroatoms. The first-order chi connectivity index (χ1) is 10.2. The van der Waals surface area contributed by atoms with E-state index in [1.165, 1.54) is 19.1 Å². The van der Waals surface area contributed by atoms with Gasteiger partial charge in [0.2, 0.25) is 0 Å². The van der Waals surface area contributed by atoms with E-state index in [1.54, 1.807) is 0 Å². The SMILES string of the molecule is C=C(C)C(=O)OCCNC(=O)Oc1ccc(S(=O)(=O)O)cc1. The molecular weight excluding hydrogens is 314 g/mol. The number of carbonyl (C=O) groups excluding carboxylic acids is 2. The minimum Gasteiger partial charge on any atom is -0.460 e. The molecule has 0 atom stereocenters. The van der Waals surface area contributed by atoms with E-state index in [1.807, 2.05) is 0 Å². The van der Waals surface area contributed by atoms with Crippen LogP contribution in [-0.2, 0) is 19.6 Å². The highest BCUT2D eigenvalue weighted by Crippen LogP contribution is 2.15. The predicted molar refractivity (Wildman–Crippen MR) is 76.1 cm³/mol. The molecule has 1 rings (SSSR count). The van der Waals surface area contributed by atoms with Gasteiger partial charge in [0.1, 0.15) is 12.4 Å². The van der Waals surface area contributed by atoms with Gasteiger partial charge in [-0.15, -0.1) is 0 Å². The molecule has 1 aromatic carbocycles. The van der Waals surface area contributed by atoms with Crippen molar-refractivity contribution in [2.45, 2.75) is 11.8 Å². The van der Waals surface area contributed by atoms with Gasteiger partial charge < -0.3 is 14.8 Å². The molecule has 0 aromatic heterocycles. The minimum absolute atomic E-state index is 0.0392. The lowest BCUT2D eigenvalue weighted by atomic mass is 10.3. The molecule has 22 heavy (non-hydrogen) atoms. The van der Waals surface area contributed by atoms with Gasteiger partial charge in [0.05, 0.1) is 11.4 Å². The standard InChI is InChI=1S/C13H15NO7S/c1-9(2)12(15)20-8-7-14-13(16)21-10-3-5-11(6-4-10)22(17,18)19/h3-6H,1,7-8H2,2H3,(H,14,16)(H,17,18,19). The Morgan fingerprint density at radius 2 is 1.86 bits per heavy atom. The molecule has 0 aliphatic carbocycles. The van der Waals surface area contributed by atoms with Crippen LogP contribution in [0.5, 0.6) is 5.75 Å². The number of nitrogens with one attached hydrogen (secondary N) is 1. The molecular formula is C13H15NO7S. The lowest BCUT2D eigenvalue weighted by molar-refractivity contribution is -0.138. The first kappa shape index (κ1) is 17.7. The first-order valence-electron chi connectivity index (χ1n) is 6.06. The molecule has 0 bridgehead atoms.